The van der Waals surface area contributed by atoms with Crippen molar-refractivity contribution in [2.75, 3.05) is 5.73 Å². The van der Waals surface area contributed by atoms with E-state index in [0.717, 1.165) is 0 Å². The first-order chi connectivity index (χ1) is 9.56. The van der Waals surface area contributed by atoms with Crippen molar-refractivity contribution < 1.29 is 9.72 Å². The lowest BCUT2D eigenvalue weighted by Crippen LogP contribution is -2.38. The molecule has 0 spiro atoms. The van der Waals surface area contributed by atoms with E-state index in [1.54, 1.807) is 0 Å². The highest BCUT2D eigenvalue weighted by Crippen LogP contribution is 2.44. The van der Waals surface area contributed by atoms with E-state index in [1.165, 1.54) is 43.9 Å². The maximum absolute atomic E-state index is 12.2. The highest BCUT2D eigenvalue weighted by Gasteiger charge is 2.42. The Balaban J connectivity index is 1.73. The average Bonchev–Trinajstić information content (AvgIpc) is 3.28. The second kappa shape index (κ2) is 4.77. The maximum Gasteiger partial charge on any atom is 0.292 e. The molecule has 2 fully saturated rings. The van der Waals surface area contributed by atoms with E-state index < -0.39 is 4.92 Å². The number of nitrogens with two attached hydrogens (primary N) is 1. The van der Waals surface area contributed by atoms with Gasteiger partial charge in [-0.3, -0.25) is 14.9 Å². The van der Waals surface area contributed by atoms with Gasteiger partial charge in [0.1, 0.15) is 5.69 Å². The first-order valence-electron chi connectivity index (χ1n) is 6.91. The predicted molar refractivity (Wildman–Crippen MR) is 74.2 cm³/mol. The van der Waals surface area contributed by atoms with Crippen LogP contribution in [0.25, 0.3) is 0 Å². The monoisotopic (exact) mass is 275 g/mol. The van der Waals surface area contributed by atoms with Crippen LogP contribution in [0.1, 0.15) is 36.0 Å². The fourth-order valence-corrected chi connectivity index (χ4v) is 2.63. The normalized spacial score (nSPS) is 18.1. The van der Waals surface area contributed by atoms with Crippen molar-refractivity contribution >= 4 is 17.3 Å². The molecule has 0 heterocycles. The van der Waals surface area contributed by atoms with Crippen LogP contribution in [0.5, 0.6) is 0 Å². The molecular formula is C14H17N3O3. The minimum absolute atomic E-state index is 0.0250. The lowest BCUT2D eigenvalue weighted by atomic mass is 10.1. The summed E-state index contributed by atoms with van der Waals surface area (Å²) in [5, 5.41) is 13.8. The molecular weight excluding hydrogens is 258 g/mol. The minimum Gasteiger partial charge on any atom is -0.393 e. The molecule has 1 aromatic carbocycles. The van der Waals surface area contributed by atoms with Gasteiger partial charge in [0.05, 0.1) is 4.92 Å². The van der Waals surface area contributed by atoms with Crippen molar-refractivity contribution in [3.63, 3.8) is 0 Å². The number of hydrogen-bond donors (Lipinski definition) is 2. The van der Waals surface area contributed by atoms with Crippen molar-refractivity contribution in [2.24, 2.45) is 11.8 Å². The Hall–Kier alpha value is -2.11. The molecule has 6 nitrogen and oxygen atoms in total. The number of amides is 1. The van der Waals surface area contributed by atoms with Gasteiger partial charge in [-0.05, 0) is 49.7 Å². The summed E-state index contributed by atoms with van der Waals surface area (Å²) in [7, 11) is 0. The van der Waals surface area contributed by atoms with E-state index >= 15 is 0 Å². The molecule has 2 aliphatic rings. The number of carbonyl (C=O) groups is 1. The van der Waals surface area contributed by atoms with E-state index in [0.29, 0.717) is 17.4 Å². The van der Waals surface area contributed by atoms with E-state index in [-0.39, 0.29) is 23.3 Å². The summed E-state index contributed by atoms with van der Waals surface area (Å²) in [5.41, 5.74) is 5.86. The molecule has 1 amide bonds. The fourth-order valence-electron chi connectivity index (χ4n) is 2.63. The number of nitrogen functional groups attached to an aromatic ring is 1. The average molecular weight is 275 g/mol. The van der Waals surface area contributed by atoms with Crippen LogP contribution in [-0.4, -0.2) is 16.9 Å². The van der Waals surface area contributed by atoms with Crippen molar-refractivity contribution in [3.05, 3.63) is 33.9 Å². The lowest BCUT2D eigenvalue weighted by Gasteiger charge is -2.17. The van der Waals surface area contributed by atoms with Crippen LogP contribution in [0.15, 0.2) is 18.2 Å². The highest BCUT2D eigenvalue weighted by atomic mass is 16.6. The zero-order valence-corrected chi connectivity index (χ0v) is 11.0. The van der Waals surface area contributed by atoms with Gasteiger partial charge in [-0.1, -0.05) is 0 Å². The van der Waals surface area contributed by atoms with Crippen LogP contribution in [0, 0.1) is 22.0 Å². The Bertz CT molecular complexity index is 553. The van der Waals surface area contributed by atoms with Gasteiger partial charge < -0.3 is 11.1 Å². The van der Waals surface area contributed by atoms with Gasteiger partial charge in [0.15, 0.2) is 0 Å². The SMILES string of the molecule is Nc1cc(C(=O)NC(C2CC2)C2CC2)ccc1[N+](=O)[O-]. The summed E-state index contributed by atoms with van der Waals surface area (Å²) >= 11 is 0. The third kappa shape index (κ3) is 2.59. The van der Waals surface area contributed by atoms with Crippen molar-refractivity contribution in [1.29, 1.82) is 0 Å². The Kier molecular flexibility index (Phi) is 3.08. The Labute approximate surface area is 116 Å². The summed E-state index contributed by atoms with van der Waals surface area (Å²) in [6, 6.07) is 4.39. The summed E-state index contributed by atoms with van der Waals surface area (Å²) in [5.74, 6) is 1.04. The number of rotatable bonds is 5. The summed E-state index contributed by atoms with van der Waals surface area (Å²) < 4.78 is 0. The number of nitrogens with zero attached hydrogens (tertiary/aromatic N) is 1. The van der Waals surface area contributed by atoms with E-state index in [2.05, 4.69) is 5.32 Å². The van der Waals surface area contributed by atoms with Crippen LogP contribution in [-0.2, 0) is 0 Å². The highest BCUT2D eigenvalue weighted by molar-refractivity contribution is 5.96. The van der Waals surface area contributed by atoms with Gasteiger partial charge >= 0.3 is 0 Å². The summed E-state index contributed by atoms with van der Waals surface area (Å²) in [6.07, 6.45) is 4.74. The molecule has 3 rings (SSSR count). The number of anilines is 1. The molecule has 0 aromatic heterocycles. The second-order valence-electron chi connectivity index (χ2n) is 5.70. The van der Waals surface area contributed by atoms with E-state index in [4.69, 9.17) is 5.73 Å². The largest absolute Gasteiger partial charge is 0.393 e. The van der Waals surface area contributed by atoms with Gasteiger partial charge in [0.25, 0.3) is 11.6 Å². The molecule has 106 valence electrons. The molecule has 0 atom stereocenters. The second-order valence-corrected chi connectivity index (χ2v) is 5.70. The quantitative estimate of drug-likeness (QED) is 0.488. The zero-order valence-electron chi connectivity index (χ0n) is 11.0. The summed E-state index contributed by atoms with van der Waals surface area (Å²) in [6.45, 7) is 0. The van der Waals surface area contributed by atoms with Crippen LogP contribution in [0.2, 0.25) is 0 Å². The van der Waals surface area contributed by atoms with Crippen molar-refractivity contribution in [2.45, 2.75) is 31.7 Å². The number of benzene rings is 1. The summed E-state index contributed by atoms with van der Waals surface area (Å²) in [4.78, 5) is 22.4. The number of nitro groups is 1. The third-order valence-electron chi connectivity index (χ3n) is 4.04. The van der Waals surface area contributed by atoms with Crippen LogP contribution in [0.4, 0.5) is 11.4 Å². The van der Waals surface area contributed by atoms with Crippen LogP contribution >= 0.6 is 0 Å². The van der Waals surface area contributed by atoms with Crippen LogP contribution in [0.3, 0.4) is 0 Å². The lowest BCUT2D eigenvalue weighted by molar-refractivity contribution is -0.383. The molecule has 0 bridgehead atoms. The van der Waals surface area contributed by atoms with Crippen molar-refractivity contribution in [1.82, 2.24) is 5.32 Å². The molecule has 6 heteroatoms. The smallest absolute Gasteiger partial charge is 0.292 e. The fraction of sp³-hybridized carbons (Fsp3) is 0.500. The molecule has 0 radical (unpaired) electrons. The standard InChI is InChI=1S/C14H17N3O3/c15-11-7-10(5-6-12(11)17(19)20)14(18)16-13(8-1-2-8)9-3-4-9/h5-9,13H,1-4,15H2,(H,16,18). The van der Waals surface area contributed by atoms with Gasteiger partial charge in [-0.2, -0.15) is 0 Å². The van der Waals surface area contributed by atoms with Gasteiger partial charge in [0.2, 0.25) is 0 Å². The molecule has 1 aromatic rings. The predicted octanol–water partition coefficient (Wildman–Crippen LogP) is 2.10. The zero-order chi connectivity index (χ0) is 14.3. The molecule has 0 unspecified atom stereocenters. The van der Waals surface area contributed by atoms with E-state index in [1.807, 2.05) is 0 Å². The number of carbonyl (C=O) groups excluding carboxylic acids is 1. The van der Waals surface area contributed by atoms with E-state index in [9.17, 15) is 14.9 Å². The van der Waals surface area contributed by atoms with Gasteiger partial charge in [-0.15, -0.1) is 0 Å². The number of hydrogen-bond acceptors (Lipinski definition) is 4. The maximum atomic E-state index is 12.2. The molecule has 3 N–H and O–H groups in total. The number of nitro benzene ring substituents is 1. The molecule has 20 heavy (non-hydrogen) atoms. The topological polar surface area (TPSA) is 98.3 Å². The van der Waals surface area contributed by atoms with Crippen molar-refractivity contribution in [3.8, 4) is 0 Å². The van der Waals surface area contributed by atoms with Gasteiger partial charge in [-0.25, -0.2) is 0 Å². The number of nitrogens with one attached hydrogen (secondary N) is 1. The minimum atomic E-state index is -0.547. The molecule has 2 saturated carbocycles. The Morgan fingerprint density at radius 3 is 2.35 bits per heavy atom. The van der Waals surface area contributed by atoms with Crippen LogP contribution < -0.4 is 11.1 Å². The molecule has 0 aliphatic heterocycles. The first-order valence-corrected chi connectivity index (χ1v) is 6.91. The third-order valence-corrected chi connectivity index (χ3v) is 4.04. The Morgan fingerprint density at radius 2 is 1.90 bits per heavy atom. The Morgan fingerprint density at radius 1 is 1.30 bits per heavy atom. The first kappa shape index (κ1) is 12.9. The molecule has 2 aliphatic carbocycles. The molecule has 0 saturated heterocycles. The van der Waals surface area contributed by atoms with Gasteiger partial charge in [0, 0.05) is 17.7 Å².